The van der Waals surface area contributed by atoms with Gasteiger partial charge >= 0.3 is 0 Å². The number of carbonyl (C=O) groups is 2. The van der Waals surface area contributed by atoms with E-state index in [1.165, 1.54) is 11.3 Å². The van der Waals surface area contributed by atoms with Crippen molar-refractivity contribution < 1.29 is 14.0 Å². The number of amides is 2. The first kappa shape index (κ1) is 17.7. The highest BCUT2D eigenvalue weighted by atomic mass is 35.5. The van der Waals surface area contributed by atoms with Gasteiger partial charge in [0.1, 0.15) is 5.82 Å². The van der Waals surface area contributed by atoms with E-state index in [1.807, 2.05) is 13.8 Å². The number of hydrogen-bond acceptors (Lipinski definition) is 3. The molecule has 122 valence electrons. The van der Waals surface area contributed by atoms with Crippen molar-refractivity contribution in [2.75, 3.05) is 0 Å². The number of nitrogens with one attached hydrogen (secondary N) is 2. The van der Waals surface area contributed by atoms with Crippen molar-refractivity contribution in [2.24, 2.45) is 0 Å². The summed E-state index contributed by atoms with van der Waals surface area (Å²) in [5.74, 6) is -1.95. The van der Waals surface area contributed by atoms with Crippen molar-refractivity contribution >= 4 is 46.4 Å². The zero-order valence-electron chi connectivity index (χ0n) is 12.3. The highest BCUT2D eigenvalue weighted by Gasteiger charge is 2.16. The molecule has 23 heavy (non-hydrogen) atoms. The molecule has 0 saturated heterocycles. The molecule has 1 aromatic carbocycles. The summed E-state index contributed by atoms with van der Waals surface area (Å²) in [4.78, 5) is 25.6. The maximum atomic E-state index is 13.4. The van der Waals surface area contributed by atoms with Crippen LogP contribution in [0.2, 0.25) is 10.0 Å². The Bertz CT molecular complexity index is 777. The minimum Gasteiger partial charge on any atom is -0.267 e. The van der Waals surface area contributed by atoms with Gasteiger partial charge in [-0.15, -0.1) is 11.3 Å². The van der Waals surface area contributed by atoms with Crippen molar-refractivity contribution in [2.45, 2.75) is 20.3 Å². The van der Waals surface area contributed by atoms with Crippen LogP contribution in [0.15, 0.2) is 18.2 Å². The van der Waals surface area contributed by atoms with Crippen LogP contribution in [0.5, 0.6) is 0 Å². The summed E-state index contributed by atoms with van der Waals surface area (Å²) in [7, 11) is 0. The van der Waals surface area contributed by atoms with E-state index >= 15 is 0 Å². The molecule has 8 heteroatoms. The molecular formula is C15H13Cl2FN2O2S. The van der Waals surface area contributed by atoms with E-state index in [9.17, 15) is 14.0 Å². The number of rotatable bonds is 3. The van der Waals surface area contributed by atoms with Gasteiger partial charge in [0.2, 0.25) is 0 Å². The Morgan fingerprint density at radius 3 is 2.39 bits per heavy atom. The quantitative estimate of drug-likeness (QED) is 0.626. The average Bonchev–Trinajstić information content (AvgIpc) is 2.89. The molecule has 0 atom stereocenters. The minimum atomic E-state index is -0.769. The Labute approximate surface area is 146 Å². The largest absolute Gasteiger partial charge is 0.279 e. The smallest absolute Gasteiger partial charge is 0.267 e. The third kappa shape index (κ3) is 4.02. The fourth-order valence-electron chi connectivity index (χ4n) is 1.92. The molecule has 0 spiro atoms. The molecule has 2 rings (SSSR count). The van der Waals surface area contributed by atoms with Gasteiger partial charge in [-0.3, -0.25) is 20.4 Å². The molecule has 2 amide bonds. The van der Waals surface area contributed by atoms with E-state index in [2.05, 4.69) is 10.9 Å². The second kappa shape index (κ2) is 7.29. The van der Waals surface area contributed by atoms with E-state index in [4.69, 9.17) is 23.2 Å². The van der Waals surface area contributed by atoms with Crippen molar-refractivity contribution in [3.05, 3.63) is 54.9 Å². The lowest BCUT2D eigenvalue weighted by Crippen LogP contribution is -2.41. The molecule has 0 radical (unpaired) electrons. The Kier molecular flexibility index (Phi) is 5.62. The summed E-state index contributed by atoms with van der Waals surface area (Å²) in [5.41, 5.74) is 5.39. The molecule has 0 aliphatic heterocycles. The van der Waals surface area contributed by atoms with Crippen molar-refractivity contribution in [1.29, 1.82) is 0 Å². The molecule has 0 saturated carbocycles. The van der Waals surface area contributed by atoms with Gasteiger partial charge < -0.3 is 0 Å². The van der Waals surface area contributed by atoms with Gasteiger partial charge in [-0.1, -0.05) is 30.1 Å². The molecular weight excluding hydrogens is 362 g/mol. The van der Waals surface area contributed by atoms with Crippen LogP contribution in [-0.2, 0) is 6.42 Å². The van der Waals surface area contributed by atoms with Crippen LogP contribution in [0.25, 0.3) is 0 Å². The van der Waals surface area contributed by atoms with Crippen LogP contribution in [-0.4, -0.2) is 11.8 Å². The molecule has 0 unspecified atom stereocenters. The predicted octanol–water partition coefficient (Wildman–Crippen LogP) is 4.14. The number of benzene rings is 1. The summed E-state index contributed by atoms with van der Waals surface area (Å²) in [6.07, 6.45) is 0.829. The minimum absolute atomic E-state index is 0.0108. The number of thiophene rings is 1. The zero-order chi connectivity index (χ0) is 17.1. The van der Waals surface area contributed by atoms with Gasteiger partial charge in [0, 0.05) is 4.88 Å². The maximum absolute atomic E-state index is 13.4. The number of aryl methyl sites for hydroxylation is 2. The fraction of sp³-hybridized carbons (Fsp3) is 0.200. The first-order valence-electron chi connectivity index (χ1n) is 6.68. The molecule has 0 fully saturated rings. The Hall–Kier alpha value is -1.63. The van der Waals surface area contributed by atoms with E-state index in [-0.39, 0.29) is 15.6 Å². The summed E-state index contributed by atoms with van der Waals surface area (Å²) in [6.45, 7) is 3.92. The van der Waals surface area contributed by atoms with Gasteiger partial charge in [0.15, 0.2) is 0 Å². The highest BCUT2D eigenvalue weighted by molar-refractivity contribution is 7.14. The van der Waals surface area contributed by atoms with Gasteiger partial charge in [-0.05, 0) is 37.1 Å². The molecule has 1 aromatic heterocycles. The van der Waals surface area contributed by atoms with Gasteiger partial charge in [-0.2, -0.15) is 0 Å². The number of hydrazine groups is 1. The van der Waals surface area contributed by atoms with E-state index in [0.29, 0.717) is 4.88 Å². The predicted molar refractivity (Wildman–Crippen MR) is 89.8 cm³/mol. The lowest BCUT2D eigenvalue weighted by molar-refractivity contribution is 0.0848. The monoisotopic (exact) mass is 374 g/mol. The lowest BCUT2D eigenvalue weighted by atomic mass is 10.2. The standard InChI is InChI=1S/C15H13Cl2FN2O2S/c1-3-12-7(2)4-13(23-12)15(22)20-19-14(21)8-5-11(18)10(17)6-9(8)16/h4-6H,3H2,1-2H3,(H,19,21)(H,20,22). The summed E-state index contributed by atoms with van der Waals surface area (Å²) in [6, 6.07) is 3.79. The fourth-order valence-corrected chi connectivity index (χ4v) is 3.40. The Morgan fingerprint density at radius 1 is 1.13 bits per heavy atom. The van der Waals surface area contributed by atoms with Crippen molar-refractivity contribution in [3.8, 4) is 0 Å². The summed E-state index contributed by atoms with van der Waals surface area (Å²) >= 11 is 12.8. The molecule has 2 N–H and O–H groups in total. The normalized spacial score (nSPS) is 10.5. The summed E-state index contributed by atoms with van der Waals surface area (Å²) in [5, 5.41) is -0.194. The van der Waals surface area contributed by atoms with Crippen molar-refractivity contribution in [1.82, 2.24) is 10.9 Å². The Morgan fingerprint density at radius 2 is 1.78 bits per heavy atom. The number of halogens is 3. The molecule has 0 aliphatic rings. The maximum Gasteiger partial charge on any atom is 0.279 e. The van der Waals surface area contributed by atoms with E-state index < -0.39 is 17.6 Å². The van der Waals surface area contributed by atoms with Crippen LogP contribution in [0.1, 0.15) is 37.4 Å². The van der Waals surface area contributed by atoms with Crippen LogP contribution >= 0.6 is 34.5 Å². The average molecular weight is 375 g/mol. The van der Waals surface area contributed by atoms with Gasteiger partial charge in [0.25, 0.3) is 11.8 Å². The number of hydrogen-bond donors (Lipinski definition) is 2. The molecule has 2 aromatic rings. The van der Waals surface area contributed by atoms with Crippen LogP contribution < -0.4 is 10.9 Å². The lowest BCUT2D eigenvalue weighted by Gasteiger charge is -2.08. The highest BCUT2D eigenvalue weighted by Crippen LogP contribution is 2.24. The number of carbonyl (C=O) groups excluding carboxylic acids is 2. The molecule has 1 heterocycles. The first-order valence-corrected chi connectivity index (χ1v) is 8.25. The molecule has 0 aliphatic carbocycles. The summed E-state index contributed by atoms with van der Waals surface area (Å²) < 4.78 is 13.4. The zero-order valence-corrected chi connectivity index (χ0v) is 14.6. The second-order valence-corrected chi connectivity index (χ2v) is 6.68. The van der Waals surface area contributed by atoms with Crippen LogP contribution in [0.4, 0.5) is 4.39 Å². The van der Waals surface area contributed by atoms with Crippen molar-refractivity contribution in [3.63, 3.8) is 0 Å². The topological polar surface area (TPSA) is 58.2 Å². The molecule has 4 nitrogen and oxygen atoms in total. The SMILES string of the molecule is CCc1sc(C(=O)NNC(=O)c2cc(F)c(Cl)cc2Cl)cc1C. The first-order chi connectivity index (χ1) is 10.8. The Balaban J connectivity index is 2.06. The molecule has 0 bridgehead atoms. The third-order valence-corrected chi connectivity index (χ3v) is 5.09. The van der Waals surface area contributed by atoms with Crippen LogP contribution in [0, 0.1) is 12.7 Å². The van der Waals surface area contributed by atoms with Crippen LogP contribution in [0.3, 0.4) is 0 Å². The third-order valence-electron chi connectivity index (χ3n) is 3.11. The van der Waals surface area contributed by atoms with E-state index in [0.717, 1.165) is 29.0 Å². The second-order valence-electron chi connectivity index (χ2n) is 4.72. The van der Waals surface area contributed by atoms with Gasteiger partial charge in [0.05, 0.1) is 20.5 Å². The van der Waals surface area contributed by atoms with Gasteiger partial charge in [-0.25, -0.2) is 4.39 Å². The van der Waals surface area contributed by atoms with E-state index in [1.54, 1.807) is 6.07 Å².